The highest BCUT2D eigenvalue weighted by Crippen LogP contribution is 2.29. The van der Waals surface area contributed by atoms with Crippen molar-refractivity contribution < 1.29 is 18.7 Å². The number of carbonyl (C=O) groups is 2. The van der Waals surface area contributed by atoms with Crippen molar-refractivity contribution in [2.75, 3.05) is 0 Å². The molecule has 0 saturated carbocycles. The summed E-state index contributed by atoms with van der Waals surface area (Å²) >= 11 is 0. The molecule has 0 unspecified atom stereocenters. The molecule has 0 fully saturated rings. The molecule has 2 heterocycles. The molecule has 0 bridgehead atoms. The van der Waals surface area contributed by atoms with Crippen LogP contribution in [0.15, 0.2) is 52.9 Å². The average Bonchev–Trinajstić information content (AvgIpc) is 3.33. The number of H-pyrrole nitrogens is 1. The highest BCUT2D eigenvalue weighted by Gasteiger charge is 2.17. The quantitative estimate of drug-likeness (QED) is 0.312. The molecule has 28 heavy (non-hydrogen) atoms. The number of aromatic amines is 1. The Morgan fingerprint density at radius 3 is 2.68 bits per heavy atom. The van der Waals surface area contributed by atoms with Crippen molar-refractivity contribution in [3.63, 3.8) is 0 Å². The highest BCUT2D eigenvalue weighted by molar-refractivity contribution is 5.95. The second-order valence-electron chi connectivity index (χ2n) is 6.12. The van der Waals surface area contributed by atoms with Gasteiger partial charge in [-0.05, 0) is 24.3 Å². The number of hydrogen-bond acceptors (Lipinski definition) is 7. The molecule has 0 spiro atoms. The van der Waals surface area contributed by atoms with Gasteiger partial charge in [-0.3, -0.25) is 9.59 Å². The van der Waals surface area contributed by atoms with Gasteiger partial charge in [0.2, 0.25) is 5.89 Å². The van der Waals surface area contributed by atoms with E-state index in [4.69, 9.17) is 9.15 Å². The number of aromatic nitrogens is 4. The molecular formula is C20H16N4O4. The number of imidazole rings is 1. The zero-order valence-electron chi connectivity index (χ0n) is 15.0. The second kappa shape index (κ2) is 7.43. The van der Waals surface area contributed by atoms with Crippen LogP contribution in [-0.2, 0) is 11.2 Å². The number of Topliss-reactive ketones (excluding diaryl/α,β-unsaturated/α-hetero) is 1. The van der Waals surface area contributed by atoms with Crippen molar-refractivity contribution in [3.05, 3.63) is 60.2 Å². The fourth-order valence-corrected chi connectivity index (χ4v) is 2.77. The van der Waals surface area contributed by atoms with Crippen molar-refractivity contribution in [1.82, 2.24) is 20.2 Å². The molecule has 0 saturated heterocycles. The van der Waals surface area contributed by atoms with Crippen molar-refractivity contribution in [3.8, 4) is 17.2 Å². The minimum absolute atomic E-state index is 0.142. The molecule has 0 aliphatic carbocycles. The Morgan fingerprint density at radius 1 is 1.07 bits per heavy atom. The second-order valence-corrected chi connectivity index (χ2v) is 6.12. The standard InChI is InChI=1S/C20H16N4O4/c1-12(25)27-17-9-5-2-6-13(17)20-24-23-18(28-20)11-10-16(26)19-21-14-7-3-4-8-15(14)22-19/h2-9H,10-11H2,1H3,(H,21,22). The van der Waals surface area contributed by atoms with E-state index >= 15 is 0 Å². The van der Waals surface area contributed by atoms with E-state index < -0.39 is 5.97 Å². The van der Waals surface area contributed by atoms with Crippen LogP contribution < -0.4 is 4.74 Å². The first-order valence-electron chi connectivity index (χ1n) is 8.68. The molecule has 0 atom stereocenters. The van der Waals surface area contributed by atoms with E-state index in [0.717, 1.165) is 11.0 Å². The van der Waals surface area contributed by atoms with E-state index in [1.165, 1.54) is 6.92 Å². The minimum atomic E-state index is -0.441. The van der Waals surface area contributed by atoms with Gasteiger partial charge < -0.3 is 14.1 Å². The van der Waals surface area contributed by atoms with Crippen LogP contribution in [0, 0.1) is 0 Å². The summed E-state index contributed by atoms with van der Waals surface area (Å²) in [5.74, 6) is 0.602. The van der Waals surface area contributed by atoms with Crippen LogP contribution in [0.2, 0.25) is 0 Å². The number of ether oxygens (including phenoxy) is 1. The lowest BCUT2D eigenvalue weighted by molar-refractivity contribution is -0.131. The average molecular weight is 376 g/mol. The van der Waals surface area contributed by atoms with Gasteiger partial charge in [-0.15, -0.1) is 10.2 Å². The van der Waals surface area contributed by atoms with Crippen LogP contribution in [0.25, 0.3) is 22.5 Å². The summed E-state index contributed by atoms with van der Waals surface area (Å²) in [4.78, 5) is 31.0. The van der Waals surface area contributed by atoms with Gasteiger partial charge in [0, 0.05) is 19.8 Å². The number of para-hydroxylation sites is 3. The molecule has 4 rings (SSSR count). The number of ketones is 1. The monoisotopic (exact) mass is 376 g/mol. The van der Waals surface area contributed by atoms with Gasteiger partial charge in [-0.1, -0.05) is 24.3 Å². The number of esters is 1. The van der Waals surface area contributed by atoms with Crippen molar-refractivity contribution in [1.29, 1.82) is 0 Å². The van der Waals surface area contributed by atoms with Crippen LogP contribution in [0.5, 0.6) is 5.75 Å². The number of nitrogens with one attached hydrogen (secondary N) is 1. The first-order valence-corrected chi connectivity index (χ1v) is 8.68. The predicted octanol–water partition coefficient (Wildman–Crippen LogP) is 3.35. The highest BCUT2D eigenvalue weighted by atomic mass is 16.5. The fourth-order valence-electron chi connectivity index (χ4n) is 2.77. The lowest BCUT2D eigenvalue weighted by Gasteiger charge is -2.04. The normalized spacial score (nSPS) is 10.9. The third-order valence-electron chi connectivity index (χ3n) is 4.06. The number of hydrogen-bond donors (Lipinski definition) is 1. The van der Waals surface area contributed by atoms with E-state index in [2.05, 4.69) is 20.2 Å². The molecule has 140 valence electrons. The Bertz CT molecular complexity index is 1130. The molecule has 0 amide bonds. The Balaban J connectivity index is 1.47. The minimum Gasteiger partial charge on any atom is -0.426 e. The molecule has 1 N–H and O–H groups in total. The Labute approximate surface area is 159 Å². The SMILES string of the molecule is CC(=O)Oc1ccccc1-c1nnc(CCC(=O)c2nc3ccccc3[nH]2)o1. The molecular weight excluding hydrogens is 360 g/mol. The van der Waals surface area contributed by atoms with Gasteiger partial charge in [0.25, 0.3) is 5.89 Å². The number of aryl methyl sites for hydroxylation is 1. The summed E-state index contributed by atoms with van der Waals surface area (Å²) in [6, 6.07) is 14.3. The van der Waals surface area contributed by atoms with E-state index in [1.807, 2.05) is 24.3 Å². The van der Waals surface area contributed by atoms with Gasteiger partial charge in [-0.25, -0.2) is 4.98 Å². The smallest absolute Gasteiger partial charge is 0.308 e. The van der Waals surface area contributed by atoms with Gasteiger partial charge in [0.1, 0.15) is 5.75 Å². The van der Waals surface area contributed by atoms with Crippen molar-refractivity contribution in [2.45, 2.75) is 19.8 Å². The predicted molar refractivity (Wildman–Crippen MR) is 99.8 cm³/mol. The molecule has 8 heteroatoms. The lowest BCUT2D eigenvalue weighted by Crippen LogP contribution is -2.03. The fraction of sp³-hybridized carbons (Fsp3) is 0.150. The van der Waals surface area contributed by atoms with Crippen LogP contribution in [0.1, 0.15) is 29.9 Å². The molecule has 2 aromatic heterocycles. The number of carbonyl (C=O) groups excluding carboxylic acids is 2. The Kier molecular flexibility index (Phi) is 4.67. The zero-order chi connectivity index (χ0) is 19.5. The number of rotatable bonds is 6. The molecule has 8 nitrogen and oxygen atoms in total. The summed E-state index contributed by atoms with van der Waals surface area (Å²) in [5.41, 5.74) is 2.07. The van der Waals surface area contributed by atoms with Crippen LogP contribution >= 0.6 is 0 Å². The maximum Gasteiger partial charge on any atom is 0.308 e. The molecule has 0 aliphatic heterocycles. The summed E-state index contributed by atoms with van der Waals surface area (Å²) in [5, 5.41) is 7.98. The third kappa shape index (κ3) is 3.66. The Morgan fingerprint density at radius 2 is 1.86 bits per heavy atom. The third-order valence-corrected chi connectivity index (χ3v) is 4.06. The first kappa shape index (κ1) is 17.6. The summed E-state index contributed by atoms with van der Waals surface area (Å²) in [6.07, 6.45) is 0.450. The molecule has 2 aromatic carbocycles. The van der Waals surface area contributed by atoms with Crippen LogP contribution in [0.4, 0.5) is 0 Å². The van der Waals surface area contributed by atoms with Gasteiger partial charge in [0.05, 0.1) is 16.6 Å². The maximum atomic E-state index is 12.4. The Hall–Kier alpha value is -3.81. The van der Waals surface area contributed by atoms with E-state index in [-0.39, 0.29) is 24.5 Å². The largest absolute Gasteiger partial charge is 0.426 e. The van der Waals surface area contributed by atoms with Crippen molar-refractivity contribution in [2.24, 2.45) is 0 Å². The summed E-state index contributed by atoms with van der Waals surface area (Å²) in [6.45, 7) is 1.32. The van der Waals surface area contributed by atoms with Gasteiger partial charge >= 0.3 is 5.97 Å². The van der Waals surface area contributed by atoms with Crippen molar-refractivity contribution >= 4 is 22.8 Å². The van der Waals surface area contributed by atoms with E-state index in [1.54, 1.807) is 24.3 Å². The maximum absolute atomic E-state index is 12.4. The van der Waals surface area contributed by atoms with Gasteiger partial charge in [-0.2, -0.15) is 0 Å². The summed E-state index contributed by atoms with van der Waals surface area (Å²) in [7, 11) is 0. The van der Waals surface area contributed by atoms with Crippen LogP contribution in [-0.4, -0.2) is 31.9 Å². The summed E-state index contributed by atoms with van der Waals surface area (Å²) < 4.78 is 10.8. The van der Waals surface area contributed by atoms with Gasteiger partial charge in [0.15, 0.2) is 11.6 Å². The van der Waals surface area contributed by atoms with E-state index in [0.29, 0.717) is 23.0 Å². The molecule has 0 aliphatic rings. The van der Waals surface area contributed by atoms with E-state index in [9.17, 15) is 9.59 Å². The molecule has 0 radical (unpaired) electrons. The zero-order valence-corrected chi connectivity index (χ0v) is 15.0. The number of fused-ring (bicyclic) bond motifs is 1. The lowest BCUT2D eigenvalue weighted by atomic mass is 10.2. The number of benzene rings is 2. The topological polar surface area (TPSA) is 111 Å². The molecule has 4 aromatic rings. The number of nitrogens with zero attached hydrogens (tertiary/aromatic N) is 3. The van der Waals surface area contributed by atoms with Crippen LogP contribution in [0.3, 0.4) is 0 Å². The first-order chi connectivity index (χ1) is 13.6.